The van der Waals surface area contributed by atoms with E-state index in [9.17, 15) is 4.79 Å². The first-order chi connectivity index (χ1) is 11.2. The Morgan fingerprint density at radius 2 is 2.09 bits per heavy atom. The van der Waals surface area contributed by atoms with E-state index in [4.69, 9.17) is 0 Å². The van der Waals surface area contributed by atoms with E-state index in [1.165, 1.54) is 31.4 Å². The molecule has 1 aromatic heterocycles. The maximum atomic E-state index is 12.1. The van der Waals surface area contributed by atoms with Gasteiger partial charge in [-0.1, -0.05) is 18.6 Å². The third kappa shape index (κ3) is 4.17. The predicted octanol–water partition coefficient (Wildman–Crippen LogP) is 3.71. The van der Waals surface area contributed by atoms with Gasteiger partial charge in [0, 0.05) is 30.7 Å². The smallest absolute Gasteiger partial charge is 0.257 e. The predicted molar refractivity (Wildman–Crippen MR) is 92.4 cm³/mol. The molecule has 23 heavy (non-hydrogen) atoms. The van der Waals surface area contributed by atoms with Crippen LogP contribution in [0.25, 0.3) is 0 Å². The van der Waals surface area contributed by atoms with Gasteiger partial charge in [0.2, 0.25) is 0 Å². The lowest BCUT2D eigenvalue weighted by Gasteiger charge is -2.33. The molecule has 0 radical (unpaired) electrons. The molecule has 120 valence electrons. The summed E-state index contributed by atoms with van der Waals surface area (Å²) >= 11 is 0. The Hall–Kier alpha value is -2.20. The number of amides is 1. The van der Waals surface area contributed by atoms with E-state index in [0.29, 0.717) is 11.6 Å². The number of carbonyl (C=O) groups excluding carboxylic acids is 1. The lowest BCUT2D eigenvalue weighted by atomic mass is 10.0. The van der Waals surface area contributed by atoms with Crippen molar-refractivity contribution in [1.29, 1.82) is 0 Å². The van der Waals surface area contributed by atoms with E-state index in [-0.39, 0.29) is 5.91 Å². The third-order valence-electron chi connectivity index (χ3n) is 4.46. The normalized spacial score (nSPS) is 18.6. The second-order valence-corrected chi connectivity index (χ2v) is 6.21. The Balaban J connectivity index is 1.60. The monoisotopic (exact) mass is 309 g/mol. The quantitative estimate of drug-likeness (QED) is 0.936. The molecular weight excluding hydrogens is 286 g/mol. The van der Waals surface area contributed by atoms with Crippen LogP contribution < -0.4 is 5.32 Å². The number of hydrogen-bond acceptors (Lipinski definition) is 3. The number of likely N-dealkylation sites (tertiary alicyclic amines) is 1. The van der Waals surface area contributed by atoms with Crippen molar-refractivity contribution in [2.24, 2.45) is 0 Å². The summed E-state index contributed by atoms with van der Waals surface area (Å²) in [6, 6.07) is 12.3. The Bertz CT molecular complexity index is 639. The highest BCUT2D eigenvalue weighted by Gasteiger charge is 2.18. The van der Waals surface area contributed by atoms with Crippen LogP contribution in [0.4, 0.5) is 5.69 Å². The summed E-state index contributed by atoms with van der Waals surface area (Å²) in [5.41, 5.74) is 2.67. The lowest BCUT2D eigenvalue weighted by Crippen LogP contribution is -2.36. The number of carbonyl (C=O) groups is 1. The molecular formula is C19H23N3O. The van der Waals surface area contributed by atoms with E-state index in [1.54, 1.807) is 24.5 Å². The van der Waals surface area contributed by atoms with Crippen molar-refractivity contribution in [3.63, 3.8) is 0 Å². The number of anilines is 1. The number of nitrogens with zero attached hydrogens (tertiary/aromatic N) is 2. The zero-order valence-corrected chi connectivity index (χ0v) is 13.5. The van der Waals surface area contributed by atoms with Gasteiger partial charge >= 0.3 is 0 Å². The SMILES string of the molecule is C[C@@H]1CCCCN1Cc1ccc(NC(=O)c2cccnc2)cc1. The average Bonchev–Trinajstić information content (AvgIpc) is 2.59. The molecule has 3 rings (SSSR count). The zero-order chi connectivity index (χ0) is 16.1. The summed E-state index contributed by atoms with van der Waals surface area (Å²) in [6.07, 6.45) is 7.16. The number of hydrogen-bond donors (Lipinski definition) is 1. The molecule has 1 saturated heterocycles. The maximum Gasteiger partial charge on any atom is 0.257 e. The summed E-state index contributed by atoms with van der Waals surface area (Å²) in [6.45, 7) is 4.47. The second kappa shape index (κ2) is 7.38. The molecule has 1 aliphatic heterocycles. The summed E-state index contributed by atoms with van der Waals surface area (Å²) < 4.78 is 0. The summed E-state index contributed by atoms with van der Waals surface area (Å²) in [5, 5.41) is 2.91. The van der Waals surface area contributed by atoms with Crippen LogP contribution in [-0.4, -0.2) is 28.4 Å². The van der Waals surface area contributed by atoms with Gasteiger partial charge in [0.05, 0.1) is 5.56 Å². The van der Waals surface area contributed by atoms with Crippen LogP contribution in [0, 0.1) is 0 Å². The lowest BCUT2D eigenvalue weighted by molar-refractivity contribution is 0.102. The number of pyridine rings is 1. The van der Waals surface area contributed by atoms with Crippen LogP contribution in [0.1, 0.15) is 42.1 Å². The van der Waals surface area contributed by atoms with Crippen LogP contribution in [0.2, 0.25) is 0 Å². The zero-order valence-electron chi connectivity index (χ0n) is 13.5. The van der Waals surface area contributed by atoms with Gasteiger partial charge in [0.15, 0.2) is 0 Å². The molecule has 0 saturated carbocycles. The molecule has 2 heterocycles. The minimum atomic E-state index is -0.129. The molecule has 1 aliphatic rings. The fourth-order valence-electron chi connectivity index (χ4n) is 3.02. The van der Waals surface area contributed by atoms with E-state index in [1.807, 2.05) is 12.1 Å². The van der Waals surface area contributed by atoms with Crippen molar-refractivity contribution < 1.29 is 4.79 Å². The largest absolute Gasteiger partial charge is 0.322 e. The van der Waals surface area contributed by atoms with Crippen molar-refractivity contribution in [2.75, 3.05) is 11.9 Å². The average molecular weight is 309 g/mol. The maximum absolute atomic E-state index is 12.1. The van der Waals surface area contributed by atoms with E-state index < -0.39 is 0 Å². The summed E-state index contributed by atoms with van der Waals surface area (Å²) in [4.78, 5) is 18.6. The topological polar surface area (TPSA) is 45.2 Å². The van der Waals surface area contributed by atoms with Crippen molar-refractivity contribution in [3.05, 3.63) is 59.9 Å². The van der Waals surface area contributed by atoms with Gasteiger partial charge in [-0.15, -0.1) is 0 Å². The van der Waals surface area contributed by atoms with Gasteiger partial charge in [-0.25, -0.2) is 0 Å². The second-order valence-electron chi connectivity index (χ2n) is 6.21. The number of nitrogens with one attached hydrogen (secondary N) is 1. The van der Waals surface area contributed by atoms with E-state index >= 15 is 0 Å². The first-order valence-corrected chi connectivity index (χ1v) is 8.27. The molecule has 0 spiro atoms. The van der Waals surface area contributed by atoms with E-state index in [2.05, 4.69) is 34.3 Å². The fourth-order valence-corrected chi connectivity index (χ4v) is 3.02. The van der Waals surface area contributed by atoms with Gasteiger partial charge in [-0.05, 0) is 56.1 Å². The minimum Gasteiger partial charge on any atom is -0.322 e. The Kier molecular flexibility index (Phi) is 5.03. The van der Waals surface area contributed by atoms with Crippen LogP contribution in [-0.2, 0) is 6.54 Å². The first-order valence-electron chi connectivity index (χ1n) is 8.27. The highest BCUT2D eigenvalue weighted by Crippen LogP contribution is 2.20. The van der Waals surface area contributed by atoms with Gasteiger partial charge in [0.25, 0.3) is 5.91 Å². The Labute approximate surface area is 137 Å². The molecule has 0 bridgehead atoms. The van der Waals surface area contributed by atoms with Crippen LogP contribution >= 0.6 is 0 Å². The number of piperidine rings is 1. The summed E-state index contributed by atoms with van der Waals surface area (Å²) in [5.74, 6) is -0.129. The van der Waals surface area contributed by atoms with Gasteiger partial charge in [0.1, 0.15) is 0 Å². The molecule has 0 unspecified atom stereocenters. The Morgan fingerprint density at radius 3 is 2.78 bits per heavy atom. The van der Waals surface area contributed by atoms with Crippen molar-refractivity contribution in [3.8, 4) is 0 Å². The highest BCUT2D eigenvalue weighted by atomic mass is 16.1. The number of aromatic nitrogens is 1. The van der Waals surface area contributed by atoms with Crippen LogP contribution in [0.5, 0.6) is 0 Å². The molecule has 4 heteroatoms. The molecule has 2 aromatic rings. The van der Waals surface area contributed by atoms with Gasteiger partial charge in [-0.2, -0.15) is 0 Å². The molecule has 0 aliphatic carbocycles. The molecule has 1 N–H and O–H groups in total. The molecule has 4 nitrogen and oxygen atoms in total. The molecule has 1 atom stereocenters. The molecule has 1 aromatic carbocycles. The van der Waals surface area contributed by atoms with Crippen LogP contribution in [0.3, 0.4) is 0 Å². The van der Waals surface area contributed by atoms with Crippen molar-refractivity contribution >= 4 is 11.6 Å². The van der Waals surface area contributed by atoms with Crippen molar-refractivity contribution in [2.45, 2.75) is 38.8 Å². The number of benzene rings is 1. The van der Waals surface area contributed by atoms with Crippen molar-refractivity contribution in [1.82, 2.24) is 9.88 Å². The highest BCUT2D eigenvalue weighted by molar-refractivity contribution is 6.03. The first kappa shape index (κ1) is 15.7. The standard InChI is InChI=1S/C19H23N3O/c1-15-5-2-3-12-22(15)14-16-7-9-18(10-8-16)21-19(23)17-6-4-11-20-13-17/h4,6-11,13,15H,2-3,5,12,14H2,1H3,(H,21,23)/t15-/m1/s1. The molecule has 1 fully saturated rings. The molecule has 1 amide bonds. The fraction of sp³-hybridized carbons (Fsp3) is 0.368. The van der Waals surface area contributed by atoms with Gasteiger partial charge < -0.3 is 5.32 Å². The summed E-state index contributed by atoms with van der Waals surface area (Å²) in [7, 11) is 0. The number of rotatable bonds is 4. The Morgan fingerprint density at radius 1 is 1.26 bits per heavy atom. The minimum absolute atomic E-state index is 0.129. The van der Waals surface area contributed by atoms with Gasteiger partial charge in [-0.3, -0.25) is 14.7 Å². The van der Waals surface area contributed by atoms with Crippen LogP contribution in [0.15, 0.2) is 48.8 Å². The van der Waals surface area contributed by atoms with E-state index in [0.717, 1.165) is 12.2 Å². The third-order valence-corrected chi connectivity index (χ3v) is 4.46.